The Morgan fingerprint density at radius 1 is 1.11 bits per heavy atom. The van der Waals surface area contributed by atoms with Gasteiger partial charge in [-0.1, -0.05) is 23.4 Å². The van der Waals surface area contributed by atoms with Gasteiger partial charge in [0.1, 0.15) is 23.9 Å². The minimum atomic E-state index is -0.880. The highest BCUT2D eigenvalue weighted by atomic mass is 16.5. The van der Waals surface area contributed by atoms with E-state index in [1.165, 1.54) is 7.11 Å². The normalized spacial score (nSPS) is 13.8. The number of ether oxygens (including phenoxy) is 2. The van der Waals surface area contributed by atoms with Gasteiger partial charge in [-0.15, -0.1) is 5.10 Å². The van der Waals surface area contributed by atoms with Crippen LogP contribution in [0, 0.1) is 0 Å². The molecule has 0 radical (unpaired) electrons. The number of benzene rings is 2. The molecule has 10 heteroatoms. The molecule has 5 rings (SSSR count). The summed E-state index contributed by atoms with van der Waals surface area (Å²) in [5.41, 5.74) is 2.08. The van der Waals surface area contributed by atoms with Crippen molar-refractivity contribution in [3.05, 3.63) is 72.2 Å². The van der Waals surface area contributed by atoms with Gasteiger partial charge in [-0.3, -0.25) is 9.59 Å². The molecule has 1 saturated carbocycles. The molecule has 1 aliphatic carbocycles. The summed E-state index contributed by atoms with van der Waals surface area (Å²) >= 11 is 0. The van der Waals surface area contributed by atoms with Gasteiger partial charge in [0.2, 0.25) is 11.8 Å². The molecule has 0 spiro atoms. The van der Waals surface area contributed by atoms with Crippen LogP contribution < -0.4 is 14.8 Å². The summed E-state index contributed by atoms with van der Waals surface area (Å²) in [6.07, 6.45) is 3.19. The molecule has 1 aliphatic rings. The summed E-state index contributed by atoms with van der Waals surface area (Å²) < 4.78 is 17.8. The molecule has 0 unspecified atom stereocenters. The lowest BCUT2D eigenvalue weighted by molar-refractivity contribution is -0.142. The van der Waals surface area contributed by atoms with Crippen LogP contribution in [-0.4, -0.2) is 52.0 Å². The van der Waals surface area contributed by atoms with Gasteiger partial charge in [0.05, 0.1) is 32.5 Å². The lowest BCUT2D eigenvalue weighted by Gasteiger charge is -2.32. The first-order chi connectivity index (χ1) is 17.6. The Kier molecular flexibility index (Phi) is 6.57. The fourth-order valence-corrected chi connectivity index (χ4v) is 4.30. The van der Waals surface area contributed by atoms with Gasteiger partial charge < -0.3 is 24.1 Å². The van der Waals surface area contributed by atoms with Gasteiger partial charge >= 0.3 is 0 Å². The van der Waals surface area contributed by atoms with Crippen LogP contribution in [0.4, 0.5) is 0 Å². The molecule has 1 fully saturated rings. The molecule has 186 valence electrons. The van der Waals surface area contributed by atoms with Crippen molar-refractivity contribution in [1.29, 1.82) is 0 Å². The monoisotopic (exact) mass is 489 g/mol. The van der Waals surface area contributed by atoms with Crippen LogP contribution >= 0.6 is 0 Å². The number of nitrogens with zero attached hydrogens (tertiary/aromatic N) is 4. The number of nitrogens with one attached hydrogen (secondary N) is 1. The molecule has 4 aromatic rings. The fourth-order valence-electron chi connectivity index (χ4n) is 4.30. The third-order valence-corrected chi connectivity index (χ3v) is 6.20. The van der Waals surface area contributed by atoms with Crippen LogP contribution in [0.5, 0.6) is 11.5 Å². The van der Waals surface area contributed by atoms with Crippen LogP contribution in [0.15, 0.2) is 65.3 Å². The van der Waals surface area contributed by atoms with E-state index in [1.54, 1.807) is 53.3 Å². The van der Waals surface area contributed by atoms with E-state index < -0.39 is 6.04 Å². The van der Waals surface area contributed by atoms with Gasteiger partial charge in [-0.2, -0.15) is 0 Å². The van der Waals surface area contributed by atoms with E-state index in [4.69, 9.17) is 13.9 Å². The quantitative estimate of drug-likeness (QED) is 0.364. The average Bonchev–Trinajstić information content (AvgIpc) is 3.44. The number of rotatable bonds is 10. The zero-order chi connectivity index (χ0) is 25.1. The predicted molar refractivity (Wildman–Crippen MR) is 130 cm³/mol. The Morgan fingerprint density at radius 3 is 2.64 bits per heavy atom. The van der Waals surface area contributed by atoms with E-state index in [0.717, 1.165) is 18.4 Å². The smallest absolute Gasteiger partial charge is 0.247 e. The third-order valence-electron chi connectivity index (χ3n) is 6.20. The molecule has 2 amide bonds. The average molecular weight is 490 g/mol. The van der Waals surface area contributed by atoms with Crippen molar-refractivity contribution in [2.24, 2.45) is 0 Å². The van der Waals surface area contributed by atoms with Gasteiger partial charge in [-0.05, 0) is 54.8 Å². The number of methoxy groups -OCH3 is 2. The standard InChI is InChI=1S/C26H27N5O5/c1-34-22-12-9-17(14-23(22)35-2)25(26(33)27-15-19-6-5-13-36-19)31(18-10-11-18)24(32)16-30-21-8-4-3-7-20(21)28-29-30/h3-9,12-14,18,25H,10-11,15-16H2,1-2H3,(H,27,33)/t25-/m1/s1. The third kappa shape index (κ3) is 4.74. The van der Waals surface area contributed by atoms with Crippen molar-refractivity contribution in [3.8, 4) is 11.5 Å². The minimum Gasteiger partial charge on any atom is -0.493 e. The molecule has 1 atom stereocenters. The van der Waals surface area contributed by atoms with Crippen molar-refractivity contribution in [2.45, 2.75) is 38.0 Å². The van der Waals surface area contributed by atoms with Gasteiger partial charge in [-0.25, -0.2) is 4.68 Å². The maximum absolute atomic E-state index is 13.7. The van der Waals surface area contributed by atoms with E-state index in [0.29, 0.717) is 28.3 Å². The van der Waals surface area contributed by atoms with Crippen LogP contribution in [0.3, 0.4) is 0 Å². The van der Waals surface area contributed by atoms with E-state index in [9.17, 15) is 9.59 Å². The number of hydrogen-bond acceptors (Lipinski definition) is 7. The molecule has 2 aromatic heterocycles. The van der Waals surface area contributed by atoms with Crippen molar-refractivity contribution in [2.75, 3.05) is 14.2 Å². The number of aromatic nitrogens is 3. The van der Waals surface area contributed by atoms with Gasteiger partial charge in [0.15, 0.2) is 11.5 Å². The molecule has 36 heavy (non-hydrogen) atoms. The fraction of sp³-hybridized carbons (Fsp3) is 0.308. The summed E-state index contributed by atoms with van der Waals surface area (Å²) in [6, 6.07) is 15.3. The topological polar surface area (TPSA) is 112 Å². The number of fused-ring (bicyclic) bond motifs is 1. The zero-order valence-corrected chi connectivity index (χ0v) is 20.1. The number of furan rings is 1. The Hall–Kier alpha value is -4.34. The van der Waals surface area contributed by atoms with Crippen molar-refractivity contribution in [1.82, 2.24) is 25.2 Å². The number of carbonyl (C=O) groups is 2. The molecule has 10 nitrogen and oxygen atoms in total. The summed E-state index contributed by atoms with van der Waals surface area (Å²) in [5.74, 6) is 1.09. The minimum absolute atomic E-state index is 0.0354. The summed E-state index contributed by atoms with van der Waals surface area (Å²) in [5, 5.41) is 11.2. The van der Waals surface area contributed by atoms with E-state index >= 15 is 0 Å². The SMILES string of the molecule is COc1ccc([C@H](C(=O)NCc2ccco2)N(C(=O)Cn2nnc3ccccc32)C2CC2)cc1OC. The molecular weight excluding hydrogens is 462 g/mol. The van der Waals surface area contributed by atoms with Gasteiger partial charge in [0.25, 0.3) is 0 Å². The highest BCUT2D eigenvalue weighted by molar-refractivity contribution is 5.89. The molecule has 2 heterocycles. The predicted octanol–water partition coefficient (Wildman–Crippen LogP) is 3.09. The summed E-state index contributed by atoms with van der Waals surface area (Å²) in [7, 11) is 3.08. The first-order valence-electron chi connectivity index (χ1n) is 11.7. The van der Waals surface area contributed by atoms with E-state index in [-0.39, 0.29) is 30.9 Å². The molecule has 2 aromatic carbocycles. The number of carbonyl (C=O) groups excluding carboxylic acids is 2. The van der Waals surface area contributed by atoms with Crippen LogP contribution in [0.2, 0.25) is 0 Å². The highest BCUT2D eigenvalue weighted by Crippen LogP contribution is 2.38. The molecule has 0 saturated heterocycles. The molecule has 1 N–H and O–H groups in total. The van der Waals surface area contributed by atoms with Crippen molar-refractivity contribution >= 4 is 22.8 Å². The second kappa shape index (κ2) is 10.1. The highest BCUT2D eigenvalue weighted by Gasteiger charge is 2.41. The summed E-state index contributed by atoms with van der Waals surface area (Å²) in [4.78, 5) is 29.0. The summed E-state index contributed by atoms with van der Waals surface area (Å²) in [6.45, 7) is 0.169. The first kappa shape index (κ1) is 23.4. The molecule has 0 bridgehead atoms. The van der Waals surface area contributed by atoms with E-state index in [2.05, 4.69) is 15.6 Å². The second-order valence-corrected chi connectivity index (χ2v) is 8.58. The molecular formula is C26H27N5O5. The number of para-hydroxylation sites is 1. The Bertz CT molecular complexity index is 1360. The number of amides is 2. The largest absolute Gasteiger partial charge is 0.493 e. The Morgan fingerprint density at radius 2 is 1.92 bits per heavy atom. The van der Waals surface area contributed by atoms with E-state index in [1.807, 2.05) is 24.3 Å². The van der Waals surface area contributed by atoms with Crippen molar-refractivity contribution < 1.29 is 23.5 Å². The lowest BCUT2D eigenvalue weighted by Crippen LogP contribution is -2.46. The lowest BCUT2D eigenvalue weighted by atomic mass is 10.0. The Labute approximate surface area is 207 Å². The van der Waals surface area contributed by atoms with Crippen LogP contribution in [0.25, 0.3) is 11.0 Å². The molecule has 0 aliphatic heterocycles. The van der Waals surface area contributed by atoms with Crippen molar-refractivity contribution in [3.63, 3.8) is 0 Å². The maximum Gasteiger partial charge on any atom is 0.247 e. The second-order valence-electron chi connectivity index (χ2n) is 8.58. The Balaban J connectivity index is 1.48. The zero-order valence-electron chi connectivity index (χ0n) is 20.1. The number of hydrogen-bond donors (Lipinski definition) is 1. The first-order valence-corrected chi connectivity index (χ1v) is 11.7. The van der Waals surface area contributed by atoms with Crippen LogP contribution in [-0.2, 0) is 22.7 Å². The van der Waals surface area contributed by atoms with Gasteiger partial charge in [0, 0.05) is 6.04 Å². The maximum atomic E-state index is 13.7. The van der Waals surface area contributed by atoms with Crippen LogP contribution in [0.1, 0.15) is 30.2 Å².